The number of carbonyl (C=O) groups excluding carboxylic acids is 1. The first-order chi connectivity index (χ1) is 18.9. The molecule has 2 aromatic rings. The maximum atomic E-state index is 13.8. The number of aromatic hydroxyl groups is 3. The first-order valence-corrected chi connectivity index (χ1v) is 14.1. The third-order valence-electron chi connectivity index (χ3n) is 8.12. The van der Waals surface area contributed by atoms with Crippen LogP contribution in [0.5, 0.6) is 17.2 Å². The van der Waals surface area contributed by atoms with Gasteiger partial charge in [0.15, 0.2) is 0 Å². The van der Waals surface area contributed by atoms with Gasteiger partial charge in [0.1, 0.15) is 22.9 Å². The molecule has 0 bridgehead atoms. The fourth-order valence-electron chi connectivity index (χ4n) is 5.33. The van der Waals surface area contributed by atoms with Gasteiger partial charge in [-0.1, -0.05) is 17.7 Å². The highest BCUT2D eigenvalue weighted by Crippen LogP contribution is 2.49. The Morgan fingerprint density at radius 2 is 1.62 bits per heavy atom. The van der Waals surface area contributed by atoms with Gasteiger partial charge in [0.25, 0.3) is 5.91 Å². The first-order valence-electron chi connectivity index (χ1n) is 14.1. The van der Waals surface area contributed by atoms with Crippen molar-refractivity contribution in [3.63, 3.8) is 0 Å². The van der Waals surface area contributed by atoms with Crippen LogP contribution in [-0.4, -0.2) is 59.7 Å². The standard InChI is InChI=1S/C32H46N2O6/c1-8-33-28-24(13-9-14-26(28)36)30(38)34(25-20-23(35)21-27(37)29(25)33)19-15-22(2)12-10-17-32(5,40-7)18-11-16-31(3,4)39-6/h9,13-15,20-21,35-37H,8,10-12,16-19H2,1-7H3/b22-15+. The van der Waals surface area contributed by atoms with Crippen LogP contribution in [0, 0.1) is 0 Å². The Kier molecular flexibility index (Phi) is 10.1. The monoisotopic (exact) mass is 554 g/mol. The second-order valence-electron chi connectivity index (χ2n) is 11.5. The number of hydrogen-bond acceptors (Lipinski definition) is 7. The molecule has 8 nitrogen and oxygen atoms in total. The molecule has 2 aromatic carbocycles. The normalized spacial score (nSPS) is 15.5. The number of rotatable bonds is 13. The molecular formula is C32H46N2O6. The molecule has 0 aliphatic carbocycles. The predicted octanol–water partition coefficient (Wildman–Crippen LogP) is 7.04. The van der Waals surface area contributed by atoms with E-state index in [2.05, 4.69) is 20.8 Å². The highest BCUT2D eigenvalue weighted by Gasteiger charge is 2.34. The number of carbonyl (C=O) groups is 1. The van der Waals surface area contributed by atoms with E-state index in [4.69, 9.17) is 9.47 Å². The Hall–Kier alpha value is -3.23. The molecule has 3 N–H and O–H groups in total. The lowest BCUT2D eigenvalue weighted by atomic mass is 9.89. The zero-order chi connectivity index (χ0) is 29.7. The van der Waals surface area contributed by atoms with Crippen LogP contribution in [0.3, 0.4) is 0 Å². The number of methoxy groups -OCH3 is 2. The number of phenols is 3. The molecular weight excluding hydrogens is 508 g/mol. The quantitative estimate of drug-likeness (QED) is 0.228. The number of ether oxygens (including phenoxy) is 2. The minimum absolute atomic E-state index is 0.0494. The predicted molar refractivity (Wildman–Crippen MR) is 160 cm³/mol. The molecule has 0 saturated heterocycles. The Labute approximate surface area is 238 Å². The Morgan fingerprint density at radius 3 is 2.27 bits per heavy atom. The Morgan fingerprint density at radius 1 is 0.925 bits per heavy atom. The fraction of sp³-hybridized carbons (Fsp3) is 0.531. The molecule has 3 rings (SSSR count). The van der Waals surface area contributed by atoms with Crippen molar-refractivity contribution in [2.75, 3.05) is 37.1 Å². The molecule has 1 aliphatic rings. The van der Waals surface area contributed by atoms with Gasteiger partial charge in [-0.05, 0) is 85.3 Å². The Bertz CT molecular complexity index is 1220. The average molecular weight is 555 g/mol. The largest absolute Gasteiger partial charge is 0.508 e. The van der Waals surface area contributed by atoms with Gasteiger partial charge in [0, 0.05) is 39.4 Å². The third-order valence-corrected chi connectivity index (χ3v) is 8.12. The van der Waals surface area contributed by atoms with Gasteiger partial charge in [-0.3, -0.25) is 4.79 Å². The molecule has 1 atom stereocenters. The molecule has 0 radical (unpaired) electrons. The van der Waals surface area contributed by atoms with Crippen LogP contribution >= 0.6 is 0 Å². The summed E-state index contributed by atoms with van der Waals surface area (Å²) in [6, 6.07) is 7.56. The van der Waals surface area contributed by atoms with Gasteiger partial charge in [0.05, 0.1) is 28.1 Å². The molecule has 0 fully saturated rings. The van der Waals surface area contributed by atoms with Gasteiger partial charge in [0.2, 0.25) is 0 Å². The molecule has 8 heteroatoms. The van der Waals surface area contributed by atoms with Gasteiger partial charge in [-0.2, -0.15) is 0 Å². The maximum absolute atomic E-state index is 13.8. The van der Waals surface area contributed by atoms with E-state index in [1.165, 1.54) is 18.2 Å². The lowest BCUT2D eigenvalue weighted by Crippen LogP contribution is -2.30. The SMILES string of the molecule is CCN1c2c(O)cccc2C(=O)N(C/C=C(\C)CCCC(C)(CCCC(C)(C)OC)OC)c2cc(O)cc(O)c21. The summed E-state index contributed by atoms with van der Waals surface area (Å²) in [6.07, 6.45) is 7.64. The molecule has 1 unspecified atom stereocenters. The fourth-order valence-corrected chi connectivity index (χ4v) is 5.33. The van der Waals surface area contributed by atoms with Gasteiger partial charge < -0.3 is 34.6 Å². The van der Waals surface area contributed by atoms with Crippen LogP contribution in [0.2, 0.25) is 0 Å². The summed E-state index contributed by atoms with van der Waals surface area (Å²) in [6.45, 7) is 10.9. The number of amides is 1. The highest BCUT2D eigenvalue weighted by atomic mass is 16.5. The second kappa shape index (κ2) is 13.0. The van der Waals surface area contributed by atoms with E-state index < -0.39 is 0 Å². The van der Waals surface area contributed by atoms with E-state index in [1.807, 2.05) is 19.9 Å². The lowest BCUT2D eigenvalue weighted by Gasteiger charge is -2.30. The van der Waals surface area contributed by atoms with Gasteiger partial charge in [-0.15, -0.1) is 0 Å². The van der Waals surface area contributed by atoms with Crippen molar-refractivity contribution >= 4 is 23.0 Å². The van der Waals surface area contributed by atoms with Gasteiger partial charge >= 0.3 is 0 Å². The molecule has 0 aromatic heterocycles. The summed E-state index contributed by atoms with van der Waals surface area (Å²) in [7, 11) is 3.52. The van der Waals surface area contributed by atoms with E-state index in [9.17, 15) is 20.1 Å². The summed E-state index contributed by atoms with van der Waals surface area (Å²) in [5.41, 5.74) is 2.20. The van der Waals surface area contributed by atoms with Crippen LogP contribution < -0.4 is 9.80 Å². The van der Waals surface area contributed by atoms with Crippen molar-refractivity contribution in [1.29, 1.82) is 0 Å². The van der Waals surface area contributed by atoms with Crippen molar-refractivity contribution in [3.8, 4) is 17.2 Å². The number of fused-ring (bicyclic) bond motifs is 2. The van der Waals surface area contributed by atoms with Gasteiger partial charge in [-0.25, -0.2) is 0 Å². The van der Waals surface area contributed by atoms with E-state index in [-0.39, 0.29) is 40.9 Å². The van der Waals surface area contributed by atoms with E-state index in [0.29, 0.717) is 29.2 Å². The topological polar surface area (TPSA) is 103 Å². The molecule has 1 heterocycles. The summed E-state index contributed by atoms with van der Waals surface area (Å²) in [4.78, 5) is 17.1. The summed E-state index contributed by atoms with van der Waals surface area (Å²) in [5, 5.41) is 31.8. The van der Waals surface area contributed by atoms with Crippen LogP contribution in [0.1, 0.15) is 83.5 Å². The van der Waals surface area contributed by atoms with Crippen molar-refractivity contribution in [3.05, 3.63) is 47.5 Å². The van der Waals surface area contributed by atoms with Crippen molar-refractivity contribution < 1.29 is 29.6 Å². The third kappa shape index (κ3) is 7.09. The minimum atomic E-state index is -0.317. The van der Waals surface area contributed by atoms with E-state index in [0.717, 1.165) is 44.1 Å². The summed E-state index contributed by atoms with van der Waals surface area (Å²) >= 11 is 0. The Balaban J connectivity index is 1.78. The number of benzene rings is 2. The maximum Gasteiger partial charge on any atom is 0.260 e. The number of para-hydroxylation sites is 1. The number of hydrogen-bond donors (Lipinski definition) is 3. The molecule has 0 spiro atoms. The van der Waals surface area contributed by atoms with E-state index >= 15 is 0 Å². The smallest absolute Gasteiger partial charge is 0.260 e. The summed E-state index contributed by atoms with van der Waals surface area (Å²) < 4.78 is 11.4. The van der Waals surface area contributed by atoms with Crippen LogP contribution in [-0.2, 0) is 9.47 Å². The van der Waals surface area contributed by atoms with Crippen molar-refractivity contribution in [2.45, 2.75) is 84.3 Å². The second-order valence-corrected chi connectivity index (χ2v) is 11.5. The lowest BCUT2D eigenvalue weighted by molar-refractivity contribution is -0.0242. The zero-order valence-electron chi connectivity index (χ0n) is 25.1. The first kappa shape index (κ1) is 31.3. The molecule has 220 valence electrons. The number of anilines is 3. The molecule has 1 aliphatic heterocycles. The van der Waals surface area contributed by atoms with Crippen molar-refractivity contribution in [2.24, 2.45) is 0 Å². The highest BCUT2D eigenvalue weighted by molar-refractivity contribution is 6.15. The number of allylic oxidation sites excluding steroid dienone is 1. The zero-order valence-corrected chi connectivity index (χ0v) is 25.1. The summed E-state index contributed by atoms with van der Waals surface area (Å²) in [5.74, 6) is -0.678. The number of nitrogens with zero attached hydrogens (tertiary/aromatic N) is 2. The van der Waals surface area contributed by atoms with Crippen molar-refractivity contribution in [1.82, 2.24) is 0 Å². The van der Waals surface area contributed by atoms with Crippen LogP contribution in [0.4, 0.5) is 17.1 Å². The van der Waals surface area contributed by atoms with E-state index in [1.54, 1.807) is 36.2 Å². The van der Waals surface area contributed by atoms with Crippen LogP contribution in [0.25, 0.3) is 0 Å². The van der Waals surface area contributed by atoms with Crippen LogP contribution in [0.15, 0.2) is 42.0 Å². The minimum Gasteiger partial charge on any atom is -0.508 e. The molecule has 0 saturated carbocycles. The number of phenolic OH excluding ortho intramolecular Hbond substituents is 3. The average Bonchev–Trinajstić information content (AvgIpc) is 3.00. The molecule has 40 heavy (non-hydrogen) atoms. The molecule has 1 amide bonds.